The minimum absolute atomic E-state index is 0.515. The Balaban J connectivity index is 1.88. The number of hydrogen-bond acceptors (Lipinski definition) is 5. The first kappa shape index (κ1) is 12.5. The number of fused-ring (bicyclic) bond motifs is 1. The number of anilines is 1. The summed E-state index contributed by atoms with van der Waals surface area (Å²) in [6, 6.07) is 13.3. The van der Waals surface area contributed by atoms with E-state index in [0.717, 1.165) is 16.8 Å². The van der Waals surface area contributed by atoms with E-state index >= 15 is 0 Å². The highest BCUT2D eigenvalue weighted by Crippen LogP contribution is 2.23. The molecule has 0 saturated carbocycles. The van der Waals surface area contributed by atoms with Gasteiger partial charge in [0.05, 0.1) is 5.69 Å². The summed E-state index contributed by atoms with van der Waals surface area (Å²) < 4.78 is 1.62. The molecule has 0 spiro atoms. The molecule has 0 amide bonds. The molecule has 2 N–H and O–H groups in total. The third-order valence-electron chi connectivity index (χ3n) is 3.35. The van der Waals surface area contributed by atoms with E-state index < -0.39 is 0 Å². The molecule has 4 rings (SSSR count). The molecule has 22 heavy (non-hydrogen) atoms. The zero-order valence-corrected chi connectivity index (χ0v) is 11.6. The Morgan fingerprint density at radius 3 is 2.68 bits per heavy atom. The number of pyridine rings is 3. The Bertz CT molecular complexity index is 931. The minimum atomic E-state index is 0.515. The molecule has 106 valence electrons. The summed E-state index contributed by atoms with van der Waals surface area (Å²) in [7, 11) is 0. The Labute approximate surface area is 126 Å². The Morgan fingerprint density at radius 1 is 0.955 bits per heavy atom. The van der Waals surface area contributed by atoms with E-state index in [-0.39, 0.29) is 0 Å². The van der Waals surface area contributed by atoms with Crippen LogP contribution >= 0.6 is 0 Å². The summed E-state index contributed by atoms with van der Waals surface area (Å²) >= 11 is 0. The van der Waals surface area contributed by atoms with Crippen LogP contribution in [-0.2, 0) is 0 Å². The summed E-state index contributed by atoms with van der Waals surface area (Å²) in [5, 5.41) is 4.44. The highest BCUT2D eigenvalue weighted by molar-refractivity contribution is 5.69. The molecule has 0 aromatic carbocycles. The van der Waals surface area contributed by atoms with E-state index in [1.165, 1.54) is 0 Å². The Hall–Kier alpha value is -3.28. The SMILES string of the molecule is Nc1cc(-c2ccccn2)cc2nc(-c3cccnc3)nn12. The van der Waals surface area contributed by atoms with Gasteiger partial charge in [0.15, 0.2) is 11.5 Å². The van der Waals surface area contributed by atoms with E-state index in [9.17, 15) is 0 Å². The van der Waals surface area contributed by atoms with Crippen LogP contribution in [0.15, 0.2) is 61.1 Å². The number of rotatable bonds is 2. The molecular formula is C16H12N6. The topological polar surface area (TPSA) is 82.0 Å². The van der Waals surface area contributed by atoms with Crippen LogP contribution in [0.4, 0.5) is 5.82 Å². The van der Waals surface area contributed by atoms with Crippen molar-refractivity contribution in [1.29, 1.82) is 0 Å². The van der Waals surface area contributed by atoms with Crippen molar-refractivity contribution in [3.63, 3.8) is 0 Å². The zero-order chi connectivity index (χ0) is 14.9. The monoisotopic (exact) mass is 288 g/mol. The van der Waals surface area contributed by atoms with Crippen LogP contribution < -0.4 is 5.73 Å². The first-order valence-electron chi connectivity index (χ1n) is 6.79. The van der Waals surface area contributed by atoms with Gasteiger partial charge in [0, 0.05) is 29.7 Å². The zero-order valence-electron chi connectivity index (χ0n) is 11.6. The van der Waals surface area contributed by atoms with Gasteiger partial charge < -0.3 is 5.73 Å². The second-order valence-electron chi connectivity index (χ2n) is 4.83. The van der Waals surface area contributed by atoms with Crippen molar-refractivity contribution in [2.24, 2.45) is 0 Å². The fourth-order valence-corrected chi connectivity index (χ4v) is 2.31. The molecule has 4 aromatic rings. The third kappa shape index (κ3) is 2.07. The van der Waals surface area contributed by atoms with E-state index in [1.807, 2.05) is 42.5 Å². The van der Waals surface area contributed by atoms with E-state index in [0.29, 0.717) is 17.3 Å². The van der Waals surface area contributed by atoms with E-state index in [1.54, 1.807) is 23.1 Å². The highest BCUT2D eigenvalue weighted by Gasteiger charge is 2.10. The molecule has 0 unspecified atom stereocenters. The summed E-state index contributed by atoms with van der Waals surface area (Å²) in [4.78, 5) is 13.0. The first-order chi connectivity index (χ1) is 10.8. The normalized spacial score (nSPS) is 10.9. The quantitative estimate of drug-likeness (QED) is 0.612. The van der Waals surface area contributed by atoms with Gasteiger partial charge in [-0.3, -0.25) is 9.97 Å². The van der Waals surface area contributed by atoms with Gasteiger partial charge in [-0.25, -0.2) is 4.98 Å². The summed E-state index contributed by atoms with van der Waals surface area (Å²) in [6.07, 6.45) is 5.19. The van der Waals surface area contributed by atoms with Gasteiger partial charge in [-0.15, -0.1) is 5.10 Å². The van der Waals surface area contributed by atoms with Crippen molar-refractivity contribution >= 4 is 11.5 Å². The predicted molar refractivity (Wildman–Crippen MR) is 83.9 cm³/mol. The van der Waals surface area contributed by atoms with Gasteiger partial charge in [0.1, 0.15) is 5.82 Å². The van der Waals surface area contributed by atoms with Gasteiger partial charge in [-0.05, 0) is 36.4 Å². The number of nitrogens with two attached hydrogens (primary N) is 1. The number of aromatic nitrogens is 5. The first-order valence-corrected chi connectivity index (χ1v) is 6.79. The van der Waals surface area contributed by atoms with Crippen LogP contribution in [0.2, 0.25) is 0 Å². The van der Waals surface area contributed by atoms with Crippen molar-refractivity contribution in [3.8, 4) is 22.6 Å². The molecular weight excluding hydrogens is 276 g/mol. The van der Waals surface area contributed by atoms with Gasteiger partial charge in [0.25, 0.3) is 0 Å². The second-order valence-corrected chi connectivity index (χ2v) is 4.83. The maximum atomic E-state index is 6.10. The van der Waals surface area contributed by atoms with Crippen LogP contribution in [0.25, 0.3) is 28.3 Å². The molecule has 0 aliphatic carbocycles. The average molecular weight is 288 g/mol. The summed E-state index contributed by atoms with van der Waals surface area (Å²) in [5.41, 5.74) is 9.40. The van der Waals surface area contributed by atoms with Crippen molar-refractivity contribution in [2.75, 3.05) is 5.73 Å². The van der Waals surface area contributed by atoms with Crippen molar-refractivity contribution in [1.82, 2.24) is 24.6 Å². The van der Waals surface area contributed by atoms with Gasteiger partial charge in [-0.1, -0.05) is 6.07 Å². The van der Waals surface area contributed by atoms with Crippen LogP contribution in [0, 0.1) is 0 Å². The van der Waals surface area contributed by atoms with Crippen LogP contribution in [-0.4, -0.2) is 24.6 Å². The fourth-order valence-electron chi connectivity index (χ4n) is 2.31. The minimum Gasteiger partial charge on any atom is -0.384 e. The van der Waals surface area contributed by atoms with Crippen molar-refractivity contribution in [3.05, 3.63) is 61.1 Å². The number of nitrogens with zero attached hydrogens (tertiary/aromatic N) is 5. The molecule has 0 bridgehead atoms. The number of hydrogen-bond donors (Lipinski definition) is 1. The van der Waals surface area contributed by atoms with Crippen LogP contribution in [0.5, 0.6) is 0 Å². The summed E-state index contributed by atoms with van der Waals surface area (Å²) in [5.74, 6) is 1.11. The van der Waals surface area contributed by atoms with Crippen molar-refractivity contribution in [2.45, 2.75) is 0 Å². The van der Waals surface area contributed by atoms with E-state index in [4.69, 9.17) is 5.73 Å². The fraction of sp³-hybridized carbons (Fsp3) is 0. The van der Waals surface area contributed by atoms with E-state index in [2.05, 4.69) is 20.1 Å². The molecule has 0 aliphatic rings. The Kier molecular flexibility index (Phi) is 2.79. The molecule has 6 nitrogen and oxygen atoms in total. The molecule has 0 saturated heterocycles. The van der Waals surface area contributed by atoms with Gasteiger partial charge in [0.2, 0.25) is 0 Å². The maximum Gasteiger partial charge on any atom is 0.183 e. The van der Waals surface area contributed by atoms with Crippen LogP contribution in [0.1, 0.15) is 0 Å². The molecule has 4 heterocycles. The third-order valence-corrected chi connectivity index (χ3v) is 3.35. The standard InChI is InChI=1S/C16H12N6/c17-14-8-12(13-5-1-2-7-19-13)9-15-20-16(21-22(14)15)11-4-3-6-18-10-11/h1-10H,17H2. The molecule has 0 fully saturated rings. The maximum absolute atomic E-state index is 6.10. The molecule has 0 atom stereocenters. The van der Waals surface area contributed by atoms with Crippen molar-refractivity contribution < 1.29 is 0 Å². The molecule has 6 heteroatoms. The van der Waals surface area contributed by atoms with Gasteiger partial charge >= 0.3 is 0 Å². The molecule has 4 aromatic heterocycles. The summed E-state index contributed by atoms with van der Waals surface area (Å²) in [6.45, 7) is 0. The lowest BCUT2D eigenvalue weighted by atomic mass is 10.1. The molecule has 0 radical (unpaired) electrons. The largest absolute Gasteiger partial charge is 0.384 e. The lowest BCUT2D eigenvalue weighted by Gasteiger charge is -2.03. The predicted octanol–water partition coefficient (Wildman–Crippen LogP) is 2.44. The lowest BCUT2D eigenvalue weighted by Crippen LogP contribution is -1.99. The average Bonchev–Trinajstić information content (AvgIpc) is 3.01. The highest BCUT2D eigenvalue weighted by atomic mass is 15.3. The number of nitrogen functional groups attached to an aromatic ring is 1. The van der Waals surface area contributed by atoms with Crippen LogP contribution in [0.3, 0.4) is 0 Å². The second kappa shape index (κ2) is 4.92. The van der Waals surface area contributed by atoms with Gasteiger partial charge in [-0.2, -0.15) is 4.52 Å². The lowest BCUT2D eigenvalue weighted by molar-refractivity contribution is 0.977. The molecule has 0 aliphatic heterocycles. The Morgan fingerprint density at radius 2 is 1.91 bits per heavy atom. The smallest absolute Gasteiger partial charge is 0.183 e.